The van der Waals surface area contributed by atoms with Crippen LogP contribution in [-0.2, 0) is 25.4 Å². The number of hydrogen-bond donors (Lipinski definition) is 5. The van der Waals surface area contributed by atoms with Crippen LogP contribution < -0.4 is 0 Å². The first-order chi connectivity index (χ1) is 15.4. The van der Waals surface area contributed by atoms with Gasteiger partial charge in [0.2, 0.25) is 6.29 Å². The molecular weight excluding hydrogens is 422 g/mol. The molecule has 2 fully saturated rings. The summed E-state index contributed by atoms with van der Waals surface area (Å²) in [4.78, 5) is 22.6. The molecule has 1 aromatic heterocycles. The summed E-state index contributed by atoms with van der Waals surface area (Å²) in [6.07, 6.45) is -2.02. The van der Waals surface area contributed by atoms with Crippen LogP contribution in [0.1, 0.15) is 23.9 Å². The summed E-state index contributed by atoms with van der Waals surface area (Å²) < 4.78 is 17.0. The molecule has 1 amide bonds. The van der Waals surface area contributed by atoms with Gasteiger partial charge >= 0.3 is 0 Å². The van der Waals surface area contributed by atoms with Crippen LogP contribution in [0.4, 0.5) is 0 Å². The number of H-pyrrole nitrogens is 1. The lowest BCUT2D eigenvalue weighted by molar-refractivity contribution is -0.339. The van der Waals surface area contributed by atoms with Gasteiger partial charge in [-0.15, -0.1) is 6.58 Å². The SMILES string of the molecule is C=C[C@H]1[C@H](O[C@@H]2O[C@H](CO)[C@@H](O)[C@H](O)[C@H]2O)OC=C2C(=O)N3CCc4nc[nH]c4[C@@H]3C[C@H]21. The second kappa shape index (κ2) is 8.25. The number of fused-ring (bicyclic) bond motifs is 4. The lowest BCUT2D eigenvalue weighted by Crippen LogP contribution is -2.60. The predicted octanol–water partition coefficient (Wildman–Crippen LogP) is -1.29. The Balaban J connectivity index is 1.39. The van der Waals surface area contributed by atoms with E-state index in [2.05, 4.69) is 16.5 Å². The number of nitrogens with one attached hydrogen (secondary N) is 1. The van der Waals surface area contributed by atoms with Crippen molar-refractivity contribution < 1.29 is 39.4 Å². The van der Waals surface area contributed by atoms with Crippen LogP contribution in [0.3, 0.4) is 0 Å². The second-order valence-corrected chi connectivity index (χ2v) is 8.59. The third-order valence-corrected chi connectivity index (χ3v) is 6.93. The minimum Gasteiger partial charge on any atom is -0.471 e. The standard InChI is InChI=1S/C21H27N3O8/c1-2-9-10-5-13-15-12(22-8-23-15)3-4-24(13)19(29)11(10)7-30-20(9)32-21-18(28)17(27)16(26)14(6-25)31-21/h2,7-10,13-14,16-18,20-21,25-28H,1,3-6H2,(H,22,23)/t9-,10+,13+,14-,16-,17+,18-,20+,21+/m1/s1. The Bertz CT molecular complexity index is 917. The van der Waals surface area contributed by atoms with Gasteiger partial charge in [0.1, 0.15) is 24.4 Å². The van der Waals surface area contributed by atoms with Gasteiger partial charge in [0, 0.05) is 24.8 Å². The van der Waals surface area contributed by atoms with Crippen molar-refractivity contribution in [3.63, 3.8) is 0 Å². The molecule has 0 bridgehead atoms. The summed E-state index contributed by atoms with van der Waals surface area (Å²) in [7, 11) is 0. The maximum atomic E-state index is 13.2. The molecule has 174 valence electrons. The number of piperidine rings is 1. The van der Waals surface area contributed by atoms with E-state index >= 15 is 0 Å². The fourth-order valence-corrected chi connectivity index (χ4v) is 5.17. The molecule has 2 saturated heterocycles. The molecule has 5 rings (SSSR count). The highest BCUT2D eigenvalue weighted by Gasteiger charge is 2.50. The zero-order chi connectivity index (χ0) is 22.6. The molecule has 5 heterocycles. The van der Waals surface area contributed by atoms with Crippen molar-refractivity contribution in [2.24, 2.45) is 11.8 Å². The van der Waals surface area contributed by atoms with Gasteiger partial charge in [0.05, 0.1) is 42.2 Å². The summed E-state index contributed by atoms with van der Waals surface area (Å²) in [5, 5.41) is 39.7. The van der Waals surface area contributed by atoms with Crippen molar-refractivity contribution in [1.82, 2.24) is 14.9 Å². The average molecular weight is 449 g/mol. The molecule has 9 atom stereocenters. The Hall–Kier alpha value is -2.28. The summed E-state index contributed by atoms with van der Waals surface area (Å²) in [6, 6.07) is -0.149. The van der Waals surface area contributed by atoms with Crippen LogP contribution in [0.25, 0.3) is 0 Å². The smallest absolute Gasteiger partial charge is 0.253 e. The molecule has 0 radical (unpaired) electrons. The monoisotopic (exact) mass is 449 g/mol. The maximum absolute atomic E-state index is 13.2. The van der Waals surface area contributed by atoms with E-state index in [1.165, 1.54) is 6.26 Å². The van der Waals surface area contributed by atoms with Crippen molar-refractivity contribution in [2.45, 2.75) is 55.9 Å². The first-order valence-corrected chi connectivity index (χ1v) is 10.7. The minimum absolute atomic E-state index is 0.107. The average Bonchev–Trinajstić information content (AvgIpc) is 3.29. The predicted molar refractivity (Wildman–Crippen MR) is 106 cm³/mol. The topological polar surface area (TPSA) is 158 Å². The van der Waals surface area contributed by atoms with Gasteiger partial charge in [-0.3, -0.25) is 4.79 Å². The van der Waals surface area contributed by atoms with Gasteiger partial charge < -0.3 is 44.5 Å². The van der Waals surface area contributed by atoms with Crippen LogP contribution >= 0.6 is 0 Å². The Morgan fingerprint density at radius 1 is 1.28 bits per heavy atom. The summed E-state index contributed by atoms with van der Waals surface area (Å²) in [6.45, 7) is 3.91. The van der Waals surface area contributed by atoms with Gasteiger partial charge in [-0.2, -0.15) is 0 Å². The van der Waals surface area contributed by atoms with Crippen molar-refractivity contribution in [3.8, 4) is 0 Å². The van der Waals surface area contributed by atoms with Crippen molar-refractivity contribution in [3.05, 3.63) is 42.2 Å². The highest BCUT2D eigenvalue weighted by Crippen LogP contribution is 2.47. The number of aromatic amines is 1. The molecule has 11 nitrogen and oxygen atoms in total. The number of nitrogens with zero attached hydrogens (tertiary/aromatic N) is 2. The third-order valence-electron chi connectivity index (χ3n) is 6.93. The number of aliphatic hydroxyl groups excluding tert-OH is 4. The van der Waals surface area contributed by atoms with E-state index in [1.807, 2.05) is 4.90 Å². The van der Waals surface area contributed by atoms with Gasteiger partial charge in [-0.05, 0) is 6.42 Å². The molecule has 0 aromatic carbocycles. The molecule has 11 heteroatoms. The number of ether oxygens (including phenoxy) is 3. The van der Waals surface area contributed by atoms with Crippen molar-refractivity contribution in [2.75, 3.05) is 13.2 Å². The first kappa shape index (κ1) is 21.6. The van der Waals surface area contributed by atoms with E-state index in [9.17, 15) is 25.2 Å². The largest absolute Gasteiger partial charge is 0.471 e. The Morgan fingerprint density at radius 3 is 2.84 bits per heavy atom. The highest BCUT2D eigenvalue weighted by atomic mass is 16.8. The molecular formula is C21H27N3O8. The number of carbonyl (C=O) groups excluding carboxylic acids is 1. The molecule has 0 saturated carbocycles. The number of imidazole rings is 1. The van der Waals surface area contributed by atoms with E-state index in [4.69, 9.17) is 14.2 Å². The third kappa shape index (κ3) is 3.28. The van der Waals surface area contributed by atoms with Crippen LogP contribution in [-0.4, -0.2) is 91.3 Å². The van der Waals surface area contributed by atoms with E-state index in [-0.39, 0.29) is 17.9 Å². The number of hydrogen-bond acceptors (Lipinski definition) is 9. The zero-order valence-electron chi connectivity index (χ0n) is 17.3. The van der Waals surface area contributed by atoms with Crippen molar-refractivity contribution in [1.29, 1.82) is 0 Å². The van der Waals surface area contributed by atoms with Crippen LogP contribution in [0.5, 0.6) is 0 Å². The Labute approximate surface area is 183 Å². The van der Waals surface area contributed by atoms with E-state index in [0.29, 0.717) is 25.0 Å². The number of rotatable bonds is 4. The summed E-state index contributed by atoms with van der Waals surface area (Å²) in [5.74, 6) is -0.800. The lowest BCUT2D eigenvalue weighted by atomic mass is 9.74. The molecule has 1 aromatic rings. The minimum atomic E-state index is -1.56. The molecule has 4 aliphatic rings. The fraction of sp³-hybridized carbons (Fsp3) is 0.619. The normalized spacial score (nSPS) is 41.1. The summed E-state index contributed by atoms with van der Waals surface area (Å²) >= 11 is 0. The number of aliphatic hydroxyl groups is 4. The van der Waals surface area contributed by atoms with E-state index < -0.39 is 49.5 Å². The number of aromatic nitrogens is 2. The number of carbonyl (C=O) groups is 1. The molecule has 0 spiro atoms. The van der Waals surface area contributed by atoms with Gasteiger partial charge in [-0.25, -0.2) is 4.98 Å². The zero-order valence-corrected chi connectivity index (χ0v) is 17.3. The molecule has 32 heavy (non-hydrogen) atoms. The molecule has 0 unspecified atom stereocenters. The first-order valence-electron chi connectivity index (χ1n) is 10.7. The van der Waals surface area contributed by atoms with E-state index in [1.54, 1.807) is 12.4 Å². The lowest BCUT2D eigenvalue weighted by Gasteiger charge is -2.48. The number of amides is 1. The van der Waals surface area contributed by atoms with Gasteiger partial charge in [0.15, 0.2) is 6.29 Å². The van der Waals surface area contributed by atoms with Gasteiger partial charge in [-0.1, -0.05) is 6.08 Å². The molecule has 0 aliphatic carbocycles. The molecule has 4 aliphatic heterocycles. The highest BCUT2D eigenvalue weighted by molar-refractivity contribution is 5.95. The van der Waals surface area contributed by atoms with Crippen LogP contribution in [0.2, 0.25) is 0 Å². The Kier molecular flexibility index (Phi) is 5.56. The second-order valence-electron chi connectivity index (χ2n) is 8.59. The van der Waals surface area contributed by atoms with E-state index in [0.717, 1.165) is 11.4 Å². The summed E-state index contributed by atoms with van der Waals surface area (Å²) in [5.41, 5.74) is 2.43. The van der Waals surface area contributed by atoms with Crippen LogP contribution in [0, 0.1) is 11.8 Å². The van der Waals surface area contributed by atoms with Gasteiger partial charge in [0.25, 0.3) is 5.91 Å². The van der Waals surface area contributed by atoms with Crippen molar-refractivity contribution >= 4 is 5.91 Å². The molecule has 5 N–H and O–H groups in total. The fourth-order valence-electron chi connectivity index (χ4n) is 5.17. The Morgan fingerprint density at radius 2 is 2.09 bits per heavy atom. The maximum Gasteiger partial charge on any atom is 0.253 e. The quantitative estimate of drug-likeness (QED) is 0.353. The van der Waals surface area contributed by atoms with Crippen LogP contribution in [0.15, 0.2) is 30.8 Å².